The van der Waals surface area contributed by atoms with Crippen LogP contribution in [0.5, 0.6) is 0 Å². The molecule has 2 rings (SSSR count). The van der Waals surface area contributed by atoms with Gasteiger partial charge in [0, 0.05) is 18.1 Å². The smallest absolute Gasteiger partial charge is 0.0144 e. The van der Waals surface area contributed by atoms with Crippen molar-refractivity contribution in [3.05, 3.63) is 11.1 Å². The Morgan fingerprint density at radius 2 is 2.21 bits per heavy atom. The fourth-order valence-corrected chi connectivity index (χ4v) is 3.00. The molecule has 0 aromatic heterocycles. The average molecular weight is 214 g/mol. The highest BCUT2D eigenvalue weighted by Gasteiger charge is 2.33. The first-order valence-electron chi connectivity index (χ1n) is 5.86. The Balaban J connectivity index is 1.84. The van der Waals surface area contributed by atoms with Crippen LogP contribution in [0.1, 0.15) is 32.6 Å². The molecular formula is C12H20ClN. The van der Waals surface area contributed by atoms with Crippen molar-refractivity contribution in [2.45, 2.75) is 32.6 Å². The number of nitrogens with zero attached hydrogens (tertiary/aromatic N) is 1. The Bertz CT molecular complexity index is 224. The normalized spacial score (nSPS) is 32.9. The second-order valence-corrected chi connectivity index (χ2v) is 5.21. The van der Waals surface area contributed by atoms with E-state index in [1.807, 2.05) is 0 Å². The van der Waals surface area contributed by atoms with Crippen LogP contribution in [0.3, 0.4) is 0 Å². The Kier molecular flexibility index (Phi) is 3.51. The SMILES string of the molecule is CCCCN1C[C@@H]2CC=C(Cl)C[C@H]2C1. The van der Waals surface area contributed by atoms with E-state index in [-0.39, 0.29) is 0 Å². The third-order valence-corrected chi connectivity index (χ3v) is 3.89. The maximum absolute atomic E-state index is 6.08. The molecule has 0 N–H and O–H groups in total. The molecule has 0 unspecified atom stereocenters. The molecule has 1 saturated heterocycles. The van der Waals surface area contributed by atoms with Gasteiger partial charge in [-0.3, -0.25) is 0 Å². The van der Waals surface area contributed by atoms with Crippen LogP contribution in [-0.4, -0.2) is 24.5 Å². The van der Waals surface area contributed by atoms with Gasteiger partial charge in [-0.25, -0.2) is 0 Å². The predicted molar refractivity (Wildman–Crippen MR) is 61.5 cm³/mol. The van der Waals surface area contributed by atoms with Crippen LogP contribution >= 0.6 is 11.6 Å². The molecular weight excluding hydrogens is 194 g/mol. The summed E-state index contributed by atoms with van der Waals surface area (Å²) in [6.45, 7) is 6.16. The molecule has 1 nitrogen and oxygen atoms in total. The number of rotatable bonds is 3. The lowest BCUT2D eigenvalue weighted by Gasteiger charge is -2.20. The Morgan fingerprint density at radius 3 is 3.00 bits per heavy atom. The molecule has 0 saturated carbocycles. The standard InChI is InChI=1S/C12H20ClN/c1-2-3-6-14-8-10-4-5-12(13)7-11(10)9-14/h5,10-11H,2-4,6-9H2,1H3/t10-,11-/m0/s1. The van der Waals surface area contributed by atoms with E-state index >= 15 is 0 Å². The summed E-state index contributed by atoms with van der Waals surface area (Å²) in [7, 11) is 0. The number of hydrogen-bond donors (Lipinski definition) is 0. The first-order valence-corrected chi connectivity index (χ1v) is 6.24. The first-order chi connectivity index (χ1) is 6.79. The van der Waals surface area contributed by atoms with E-state index in [1.165, 1.54) is 38.9 Å². The number of unbranched alkanes of at least 4 members (excludes halogenated alkanes) is 1. The molecule has 2 aliphatic rings. The summed E-state index contributed by atoms with van der Waals surface area (Å²) in [6.07, 6.45) is 7.23. The fraction of sp³-hybridized carbons (Fsp3) is 0.833. The van der Waals surface area contributed by atoms with Crippen LogP contribution in [0.2, 0.25) is 0 Å². The number of halogens is 1. The van der Waals surface area contributed by atoms with Crippen molar-refractivity contribution in [2.24, 2.45) is 11.8 Å². The van der Waals surface area contributed by atoms with Crippen LogP contribution < -0.4 is 0 Å². The van der Waals surface area contributed by atoms with E-state index in [0.717, 1.165) is 23.3 Å². The lowest BCUT2D eigenvalue weighted by Crippen LogP contribution is -2.21. The number of hydrogen-bond acceptors (Lipinski definition) is 1. The molecule has 0 radical (unpaired) electrons. The second kappa shape index (κ2) is 4.67. The number of fused-ring (bicyclic) bond motifs is 1. The summed E-state index contributed by atoms with van der Waals surface area (Å²) in [5.74, 6) is 1.75. The molecule has 0 aromatic rings. The molecule has 0 spiro atoms. The predicted octanol–water partition coefficient (Wildman–Crippen LogP) is 3.25. The maximum atomic E-state index is 6.08. The van der Waals surface area contributed by atoms with Gasteiger partial charge in [0.2, 0.25) is 0 Å². The molecule has 0 amide bonds. The Hall–Kier alpha value is -0.0100. The van der Waals surface area contributed by atoms with Gasteiger partial charge in [-0.05, 0) is 37.6 Å². The van der Waals surface area contributed by atoms with Crippen molar-refractivity contribution in [3.63, 3.8) is 0 Å². The lowest BCUT2D eigenvalue weighted by atomic mass is 9.86. The summed E-state index contributed by atoms with van der Waals surface area (Å²) in [6, 6.07) is 0. The van der Waals surface area contributed by atoms with Gasteiger partial charge in [-0.2, -0.15) is 0 Å². The molecule has 1 fully saturated rings. The molecule has 2 heteroatoms. The lowest BCUT2D eigenvalue weighted by molar-refractivity contribution is 0.316. The summed E-state index contributed by atoms with van der Waals surface area (Å²) < 4.78 is 0. The van der Waals surface area contributed by atoms with Crippen molar-refractivity contribution < 1.29 is 0 Å². The fourth-order valence-electron chi connectivity index (χ4n) is 2.71. The van der Waals surface area contributed by atoms with Gasteiger partial charge in [0.15, 0.2) is 0 Å². The molecule has 80 valence electrons. The van der Waals surface area contributed by atoms with Gasteiger partial charge < -0.3 is 4.90 Å². The second-order valence-electron chi connectivity index (χ2n) is 4.72. The molecule has 14 heavy (non-hydrogen) atoms. The number of allylic oxidation sites excluding steroid dienone is 2. The summed E-state index contributed by atoms with van der Waals surface area (Å²) in [5.41, 5.74) is 0. The summed E-state index contributed by atoms with van der Waals surface area (Å²) in [4.78, 5) is 2.63. The highest BCUT2D eigenvalue weighted by molar-refractivity contribution is 6.29. The zero-order chi connectivity index (χ0) is 9.97. The summed E-state index contributed by atoms with van der Waals surface area (Å²) in [5, 5.41) is 1.10. The van der Waals surface area contributed by atoms with Crippen molar-refractivity contribution in [2.75, 3.05) is 19.6 Å². The average Bonchev–Trinajstić information content (AvgIpc) is 2.56. The quantitative estimate of drug-likeness (QED) is 0.696. The molecule has 1 aliphatic carbocycles. The van der Waals surface area contributed by atoms with Crippen LogP contribution in [0, 0.1) is 11.8 Å². The Morgan fingerprint density at radius 1 is 1.43 bits per heavy atom. The minimum absolute atomic E-state index is 0.851. The van der Waals surface area contributed by atoms with Gasteiger partial charge in [-0.15, -0.1) is 0 Å². The zero-order valence-electron chi connectivity index (χ0n) is 9.01. The number of likely N-dealkylation sites (tertiary alicyclic amines) is 1. The van der Waals surface area contributed by atoms with E-state index in [1.54, 1.807) is 0 Å². The zero-order valence-corrected chi connectivity index (χ0v) is 9.76. The molecule has 0 aromatic carbocycles. The van der Waals surface area contributed by atoms with E-state index in [4.69, 9.17) is 11.6 Å². The molecule has 0 bridgehead atoms. The van der Waals surface area contributed by atoms with Crippen LogP contribution in [0.4, 0.5) is 0 Å². The molecule has 1 aliphatic heterocycles. The van der Waals surface area contributed by atoms with Crippen molar-refractivity contribution in [1.29, 1.82) is 0 Å². The highest BCUT2D eigenvalue weighted by Crippen LogP contribution is 2.36. The van der Waals surface area contributed by atoms with Crippen molar-refractivity contribution >= 4 is 11.6 Å². The van der Waals surface area contributed by atoms with Gasteiger partial charge in [0.05, 0.1) is 0 Å². The summed E-state index contributed by atoms with van der Waals surface area (Å²) >= 11 is 6.08. The van der Waals surface area contributed by atoms with Crippen molar-refractivity contribution in [1.82, 2.24) is 4.90 Å². The third-order valence-electron chi connectivity index (χ3n) is 3.58. The van der Waals surface area contributed by atoms with E-state index in [2.05, 4.69) is 17.9 Å². The molecule has 1 heterocycles. The minimum Gasteiger partial charge on any atom is -0.303 e. The van der Waals surface area contributed by atoms with Crippen LogP contribution in [0.25, 0.3) is 0 Å². The van der Waals surface area contributed by atoms with Crippen LogP contribution in [-0.2, 0) is 0 Å². The maximum Gasteiger partial charge on any atom is 0.0144 e. The van der Waals surface area contributed by atoms with E-state index in [9.17, 15) is 0 Å². The van der Waals surface area contributed by atoms with Gasteiger partial charge >= 0.3 is 0 Å². The monoisotopic (exact) mass is 213 g/mol. The third kappa shape index (κ3) is 2.32. The largest absolute Gasteiger partial charge is 0.303 e. The van der Waals surface area contributed by atoms with E-state index < -0.39 is 0 Å². The van der Waals surface area contributed by atoms with Gasteiger partial charge in [0.1, 0.15) is 0 Å². The Labute approximate surface area is 92.1 Å². The minimum atomic E-state index is 0.851. The van der Waals surface area contributed by atoms with Crippen molar-refractivity contribution in [3.8, 4) is 0 Å². The van der Waals surface area contributed by atoms with Crippen LogP contribution in [0.15, 0.2) is 11.1 Å². The molecule has 2 atom stereocenters. The van der Waals surface area contributed by atoms with Gasteiger partial charge in [0.25, 0.3) is 0 Å². The first kappa shape index (κ1) is 10.5. The highest BCUT2D eigenvalue weighted by atomic mass is 35.5. The topological polar surface area (TPSA) is 3.24 Å². The van der Waals surface area contributed by atoms with Gasteiger partial charge in [-0.1, -0.05) is 31.0 Å². The van der Waals surface area contributed by atoms with E-state index in [0.29, 0.717) is 0 Å².